The SMILES string of the molecule is CC(C)C(CNc1ccc(-c2ccccc2)nn1)N1CCCC1. The van der Waals surface area contributed by atoms with E-state index in [4.69, 9.17) is 0 Å². The first kappa shape index (κ1) is 15.9. The summed E-state index contributed by atoms with van der Waals surface area (Å²) in [7, 11) is 0. The van der Waals surface area contributed by atoms with Gasteiger partial charge in [0.15, 0.2) is 0 Å². The van der Waals surface area contributed by atoms with Gasteiger partial charge in [-0.25, -0.2) is 0 Å². The summed E-state index contributed by atoms with van der Waals surface area (Å²) >= 11 is 0. The fourth-order valence-electron chi connectivity index (χ4n) is 3.26. The van der Waals surface area contributed by atoms with Crippen LogP contribution in [-0.4, -0.2) is 40.8 Å². The first-order chi connectivity index (χ1) is 11.2. The van der Waals surface area contributed by atoms with Gasteiger partial charge in [0, 0.05) is 18.2 Å². The van der Waals surface area contributed by atoms with Crippen molar-refractivity contribution in [1.82, 2.24) is 15.1 Å². The zero-order chi connectivity index (χ0) is 16.1. The van der Waals surface area contributed by atoms with Crippen molar-refractivity contribution < 1.29 is 0 Å². The normalized spacial score (nSPS) is 16.7. The van der Waals surface area contributed by atoms with Crippen molar-refractivity contribution in [3.05, 3.63) is 42.5 Å². The average Bonchev–Trinajstić information content (AvgIpc) is 3.10. The maximum Gasteiger partial charge on any atom is 0.148 e. The van der Waals surface area contributed by atoms with Crippen LogP contribution in [0, 0.1) is 5.92 Å². The Hall–Kier alpha value is -1.94. The van der Waals surface area contributed by atoms with Gasteiger partial charge in [-0.05, 0) is 44.0 Å². The largest absolute Gasteiger partial charge is 0.367 e. The third-order valence-electron chi connectivity index (χ3n) is 4.61. The van der Waals surface area contributed by atoms with Crippen LogP contribution < -0.4 is 5.32 Å². The highest BCUT2D eigenvalue weighted by Crippen LogP contribution is 2.19. The maximum absolute atomic E-state index is 4.34. The van der Waals surface area contributed by atoms with Crippen LogP contribution in [0.15, 0.2) is 42.5 Å². The van der Waals surface area contributed by atoms with Gasteiger partial charge in [-0.15, -0.1) is 10.2 Å². The summed E-state index contributed by atoms with van der Waals surface area (Å²) in [6.45, 7) is 7.98. The van der Waals surface area contributed by atoms with Gasteiger partial charge in [0.2, 0.25) is 0 Å². The van der Waals surface area contributed by atoms with Crippen LogP contribution in [0.25, 0.3) is 11.3 Å². The number of hydrogen-bond donors (Lipinski definition) is 1. The molecule has 1 aromatic heterocycles. The van der Waals surface area contributed by atoms with E-state index in [9.17, 15) is 0 Å². The molecule has 0 bridgehead atoms. The molecule has 0 aliphatic carbocycles. The summed E-state index contributed by atoms with van der Waals surface area (Å²) in [6.07, 6.45) is 2.66. The molecular weight excluding hydrogens is 284 g/mol. The van der Waals surface area contributed by atoms with Crippen LogP contribution in [0.1, 0.15) is 26.7 Å². The van der Waals surface area contributed by atoms with Gasteiger partial charge in [-0.1, -0.05) is 44.2 Å². The van der Waals surface area contributed by atoms with Crippen LogP contribution >= 0.6 is 0 Å². The Morgan fingerprint density at radius 1 is 1.00 bits per heavy atom. The van der Waals surface area contributed by atoms with Crippen LogP contribution in [0.5, 0.6) is 0 Å². The molecule has 1 atom stereocenters. The number of benzene rings is 1. The fourth-order valence-corrected chi connectivity index (χ4v) is 3.26. The number of aromatic nitrogens is 2. The molecule has 1 aliphatic rings. The van der Waals surface area contributed by atoms with Gasteiger partial charge in [-0.3, -0.25) is 4.90 Å². The van der Waals surface area contributed by atoms with E-state index >= 15 is 0 Å². The molecule has 1 unspecified atom stereocenters. The number of nitrogens with one attached hydrogen (secondary N) is 1. The Morgan fingerprint density at radius 2 is 1.74 bits per heavy atom. The molecule has 2 aromatic rings. The lowest BCUT2D eigenvalue weighted by atomic mass is 10.0. The van der Waals surface area contributed by atoms with E-state index in [-0.39, 0.29) is 0 Å². The summed E-state index contributed by atoms with van der Waals surface area (Å²) in [5, 5.41) is 12.1. The topological polar surface area (TPSA) is 41.1 Å². The lowest BCUT2D eigenvalue weighted by molar-refractivity contribution is 0.201. The maximum atomic E-state index is 4.34. The Kier molecular flexibility index (Phi) is 5.23. The molecule has 0 radical (unpaired) electrons. The third kappa shape index (κ3) is 4.08. The van der Waals surface area contributed by atoms with Gasteiger partial charge < -0.3 is 5.32 Å². The monoisotopic (exact) mass is 310 g/mol. The minimum absolute atomic E-state index is 0.563. The molecule has 2 heterocycles. The van der Waals surface area contributed by atoms with Crippen molar-refractivity contribution in [3.63, 3.8) is 0 Å². The van der Waals surface area contributed by atoms with Crippen LogP contribution in [0.4, 0.5) is 5.82 Å². The highest BCUT2D eigenvalue weighted by Gasteiger charge is 2.24. The van der Waals surface area contributed by atoms with E-state index in [0.29, 0.717) is 12.0 Å². The second-order valence-corrected chi connectivity index (χ2v) is 6.61. The average molecular weight is 310 g/mol. The van der Waals surface area contributed by atoms with Gasteiger partial charge >= 0.3 is 0 Å². The molecular formula is C19H26N4. The smallest absolute Gasteiger partial charge is 0.148 e. The second kappa shape index (κ2) is 7.55. The standard InChI is InChI=1S/C19H26N4/c1-15(2)18(23-12-6-7-13-23)14-20-19-11-10-17(21-22-19)16-8-4-3-5-9-16/h3-5,8-11,15,18H,6-7,12-14H2,1-2H3,(H,20,22). The first-order valence-corrected chi connectivity index (χ1v) is 8.61. The predicted molar refractivity (Wildman–Crippen MR) is 95.4 cm³/mol. The van der Waals surface area contributed by atoms with Crippen molar-refractivity contribution in [2.45, 2.75) is 32.7 Å². The van der Waals surface area contributed by atoms with Crippen LogP contribution in [-0.2, 0) is 0 Å². The van der Waals surface area contributed by atoms with E-state index in [1.165, 1.54) is 25.9 Å². The lowest BCUT2D eigenvalue weighted by Gasteiger charge is -2.31. The van der Waals surface area contributed by atoms with Gasteiger partial charge in [0.1, 0.15) is 5.82 Å². The van der Waals surface area contributed by atoms with Crippen LogP contribution in [0.2, 0.25) is 0 Å². The van der Waals surface area contributed by atoms with Gasteiger partial charge in [-0.2, -0.15) is 0 Å². The molecule has 3 rings (SSSR count). The lowest BCUT2D eigenvalue weighted by Crippen LogP contribution is -2.42. The summed E-state index contributed by atoms with van der Waals surface area (Å²) in [5.41, 5.74) is 2.01. The third-order valence-corrected chi connectivity index (χ3v) is 4.61. The minimum atomic E-state index is 0.563. The van der Waals surface area contributed by atoms with Crippen molar-refractivity contribution in [3.8, 4) is 11.3 Å². The fraction of sp³-hybridized carbons (Fsp3) is 0.474. The molecule has 1 N–H and O–H groups in total. The number of likely N-dealkylation sites (tertiary alicyclic amines) is 1. The zero-order valence-electron chi connectivity index (χ0n) is 14.1. The summed E-state index contributed by atoms with van der Waals surface area (Å²) in [5.74, 6) is 1.49. The second-order valence-electron chi connectivity index (χ2n) is 6.61. The number of rotatable bonds is 6. The van der Waals surface area contributed by atoms with Crippen molar-refractivity contribution in [2.24, 2.45) is 5.92 Å². The summed E-state index contributed by atoms with van der Waals surface area (Å²) in [4.78, 5) is 2.60. The first-order valence-electron chi connectivity index (χ1n) is 8.61. The number of hydrogen-bond acceptors (Lipinski definition) is 4. The molecule has 4 heteroatoms. The highest BCUT2D eigenvalue weighted by atomic mass is 15.2. The van der Waals surface area contributed by atoms with E-state index in [2.05, 4.69) is 46.4 Å². The number of nitrogens with zero attached hydrogens (tertiary/aromatic N) is 3. The Balaban J connectivity index is 1.61. The molecule has 1 saturated heterocycles. The van der Waals surface area contributed by atoms with Gasteiger partial charge in [0.25, 0.3) is 0 Å². The molecule has 1 aromatic carbocycles. The van der Waals surface area contributed by atoms with Crippen molar-refractivity contribution in [2.75, 3.05) is 25.0 Å². The number of anilines is 1. The van der Waals surface area contributed by atoms with E-state index in [0.717, 1.165) is 23.6 Å². The molecule has 23 heavy (non-hydrogen) atoms. The molecule has 4 nitrogen and oxygen atoms in total. The minimum Gasteiger partial charge on any atom is -0.367 e. The van der Waals surface area contributed by atoms with E-state index < -0.39 is 0 Å². The molecule has 0 saturated carbocycles. The van der Waals surface area contributed by atoms with Gasteiger partial charge in [0.05, 0.1) is 5.69 Å². The quantitative estimate of drug-likeness (QED) is 0.884. The van der Waals surface area contributed by atoms with Crippen molar-refractivity contribution in [1.29, 1.82) is 0 Å². The molecule has 1 fully saturated rings. The Labute approximate surface area is 138 Å². The van der Waals surface area contributed by atoms with E-state index in [1.54, 1.807) is 0 Å². The van der Waals surface area contributed by atoms with Crippen LogP contribution in [0.3, 0.4) is 0 Å². The molecule has 0 amide bonds. The molecule has 0 spiro atoms. The summed E-state index contributed by atoms with van der Waals surface area (Å²) < 4.78 is 0. The predicted octanol–water partition coefficient (Wildman–Crippen LogP) is 3.68. The van der Waals surface area contributed by atoms with E-state index in [1.807, 2.05) is 30.3 Å². The Bertz CT molecular complexity index is 589. The van der Waals surface area contributed by atoms with Crippen molar-refractivity contribution >= 4 is 5.82 Å². The molecule has 1 aliphatic heterocycles. The summed E-state index contributed by atoms with van der Waals surface area (Å²) in [6, 6.07) is 14.8. The molecule has 122 valence electrons. The zero-order valence-corrected chi connectivity index (χ0v) is 14.1. The highest BCUT2D eigenvalue weighted by molar-refractivity contribution is 5.59. The Morgan fingerprint density at radius 3 is 2.35 bits per heavy atom.